The zero-order valence-corrected chi connectivity index (χ0v) is 11.5. The molecule has 1 aromatic heterocycles. The first-order chi connectivity index (χ1) is 9.58. The number of hydrogen-bond donors (Lipinski definition) is 2. The molecule has 6 heteroatoms. The molecule has 2 N–H and O–H groups in total. The van der Waals surface area contributed by atoms with Crippen LogP contribution in [0, 0.1) is 0 Å². The Morgan fingerprint density at radius 2 is 2.25 bits per heavy atom. The van der Waals surface area contributed by atoms with Crippen molar-refractivity contribution in [2.24, 2.45) is 0 Å². The molecular formula is C14H19N3O3. The van der Waals surface area contributed by atoms with Gasteiger partial charge < -0.3 is 15.3 Å². The van der Waals surface area contributed by atoms with Crippen LogP contribution in [0.1, 0.15) is 42.2 Å². The smallest absolute Gasteiger partial charge is 0.354 e. The molecule has 1 aliphatic heterocycles. The number of urea groups is 1. The molecule has 2 heterocycles. The normalized spacial score (nSPS) is 18.6. The van der Waals surface area contributed by atoms with E-state index in [4.69, 9.17) is 5.11 Å². The van der Waals surface area contributed by atoms with Crippen LogP contribution in [0.15, 0.2) is 18.3 Å². The molecule has 6 nitrogen and oxygen atoms in total. The van der Waals surface area contributed by atoms with Crippen LogP contribution in [-0.2, 0) is 6.54 Å². The predicted octanol–water partition coefficient (Wildman–Crippen LogP) is 1.86. The van der Waals surface area contributed by atoms with Gasteiger partial charge in [-0.2, -0.15) is 0 Å². The second kappa shape index (κ2) is 6.36. The molecule has 2 amide bonds. The minimum absolute atomic E-state index is 0.00438. The van der Waals surface area contributed by atoms with E-state index in [-0.39, 0.29) is 17.8 Å². The van der Waals surface area contributed by atoms with Gasteiger partial charge in [0.25, 0.3) is 0 Å². The third-order valence-electron chi connectivity index (χ3n) is 3.55. The van der Waals surface area contributed by atoms with Gasteiger partial charge in [-0.3, -0.25) is 0 Å². The number of likely N-dealkylation sites (tertiary alicyclic amines) is 1. The van der Waals surface area contributed by atoms with Gasteiger partial charge in [0.2, 0.25) is 0 Å². The van der Waals surface area contributed by atoms with Crippen LogP contribution >= 0.6 is 0 Å². The lowest BCUT2D eigenvalue weighted by atomic mass is 10.0. The Balaban J connectivity index is 1.88. The number of carbonyl (C=O) groups excluding carboxylic acids is 1. The summed E-state index contributed by atoms with van der Waals surface area (Å²) in [6, 6.07) is 3.31. The highest BCUT2D eigenvalue weighted by atomic mass is 16.4. The second-order valence-electron chi connectivity index (χ2n) is 5.05. The first kappa shape index (κ1) is 14.3. The van der Waals surface area contributed by atoms with Crippen LogP contribution in [0.25, 0.3) is 0 Å². The minimum atomic E-state index is -1.05. The zero-order chi connectivity index (χ0) is 14.5. The summed E-state index contributed by atoms with van der Waals surface area (Å²) in [5, 5.41) is 11.6. The predicted molar refractivity (Wildman–Crippen MR) is 73.5 cm³/mol. The Bertz CT molecular complexity index is 487. The third-order valence-corrected chi connectivity index (χ3v) is 3.55. The number of carbonyl (C=O) groups is 2. The molecule has 0 bridgehead atoms. The van der Waals surface area contributed by atoms with Gasteiger partial charge in [-0.25, -0.2) is 14.6 Å². The van der Waals surface area contributed by atoms with E-state index in [1.165, 1.54) is 18.7 Å². The van der Waals surface area contributed by atoms with Crippen molar-refractivity contribution in [3.8, 4) is 0 Å². The second-order valence-corrected chi connectivity index (χ2v) is 5.05. The zero-order valence-electron chi connectivity index (χ0n) is 11.5. The molecule has 1 aliphatic rings. The molecule has 0 aromatic carbocycles. The SMILES string of the molecule is CC1CCCCN1C(=O)NCc1ccc(C(=O)O)nc1. The maximum atomic E-state index is 12.1. The van der Waals surface area contributed by atoms with E-state index < -0.39 is 5.97 Å². The van der Waals surface area contributed by atoms with Crippen molar-refractivity contribution in [1.29, 1.82) is 0 Å². The maximum Gasteiger partial charge on any atom is 0.354 e. The van der Waals surface area contributed by atoms with E-state index >= 15 is 0 Å². The number of nitrogens with one attached hydrogen (secondary N) is 1. The average Bonchev–Trinajstić information content (AvgIpc) is 2.45. The summed E-state index contributed by atoms with van der Waals surface area (Å²) in [6.45, 7) is 3.21. The summed E-state index contributed by atoms with van der Waals surface area (Å²) in [4.78, 5) is 28.4. The maximum absolute atomic E-state index is 12.1. The van der Waals surface area contributed by atoms with Crippen molar-refractivity contribution in [1.82, 2.24) is 15.2 Å². The van der Waals surface area contributed by atoms with E-state index in [1.54, 1.807) is 6.07 Å². The van der Waals surface area contributed by atoms with Crippen LogP contribution in [0.3, 0.4) is 0 Å². The van der Waals surface area contributed by atoms with Crippen molar-refractivity contribution in [2.45, 2.75) is 38.8 Å². The van der Waals surface area contributed by atoms with Crippen molar-refractivity contribution in [3.05, 3.63) is 29.6 Å². The molecule has 1 atom stereocenters. The molecule has 2 rings (SSSR count). The summed E-state index contributed by atoms with van der Waals surface area (Å²) >= 11 is 0. The molecule has 108 valence electrons. The minimum Gasteiger partial charge on any atom is -0.477 e. The third kappa shape index (κ3) is 3.46. The number of hydrogen-bond acceptors (Lipinski definition) is 3. The molecule has 1 saturated heterocycles. The quantitative estimate of drug-likeness (QED) is 0.883. The van der Waals surface area contributed by atoms with Crippen LogP contribution in [0.5, 0.6) is 0 Å². The van der Waals surface area contributed by atoms with Crippen molar-refractivity contribution in [3.63, 3.8) is 0 Å². The number of amides is 2. The van der Waals surface area contributed by atoms with Crippen molar-refractivity contribution < 1.29 is 14.7 Å². The fourth-order valence-corrected chi connectivity index (χ4v) is 2.33. The highest BCUT2D eigenvalue weighted by molar-refractivity contribution is 5.85. The number of rotatable bonds is 3. The number of aromatic carboxylic acids is 1. The van der Waals surface area contributed by atoms with Gasteiger partial charge in [0, 0.05) is 25.3 Å². The van der Waals surface area contributed by atoms with Gasteiger partial charge in [0.15, 0.2) is 0 Å². The Morgan fingerprint density at radius 3 is 2.85 bits per heavy atom. The van der Waals surface area contributed by atoms with Crippen LogP contribution in [0.2, 0.25) is 0 Å². The van der Waals surface area contributed by atoms with E-state index in [0.29, 0.717) is 6.54 Å². The van der Waals surface area contributed by atoms with E-state index in [2.05, 4.69) is 17.2 Å². The monoisotopic (exact) mass is 277 g/mol. The molecule has 1 aromatic rings. The standard InChI is InChI=1S/C14H19N3O3/c1-10-4-2-3-7-17(10)14(20)16-9-11-5-6-12(13(18)19)15-8-11/h5-6,8,10H,2-4,7,9H2,1H3,(H,16,20)(H,18,19). The average molecular weight is 277 g/mol. The summed E-state index contributed by atoms with van der Waals surface area (Å²) in [5.74, 6) is -1.05. The molecule has 1 unspecified atom stereocenters. The van der Waals surface area contributed by atoms with Crippen molar-refractivity contribution >= 4 is 12.0 Å². The first-order valence-corrected chi connectivity index (χ1v) is 6.80. The van der Waals surface area contributed by atoms with Crippen LogP contribution in [0.4, 0.5) is 4.79 Å². The molecular weight excluding hydrogens is 258 g/mol. The molecule has 0 saturated carbocycles. The number of piperidine rings is 1. The van der Waals surface area contributed by atoms with Gasteiger partial charge in [-0.05, 0) is 37.8 Å². The Labute approximate surface area is 117 Å². The highest BCUT2D eigenvalue weighted by Crippen LogP contribution is 2.16. The summed E-state index contributed by atoms with van der Waals surface area (Å²) < 4.78 is 0. The van der Waals surface area contributed by atoms with E-state index in [0.717, 1.165) is 24.9 Å². The topological polar surface area (TPSA) is 82.5 Å². The number of carboxylic acid groups (broad SMARTS) is 1. The summed E-state index contributed by atoms with van der Waals surface area (Å²) in [6.07, 6.45) is 4.74. The fourth-order valence-electron chi connectivity index (χ4n) is 2.33. The molecule has 1 fully saturated rings. The lowest BCUT2D eigenvalue weighted by Crippen LogP contribution is -2.47. The van der Waals surface area contributed by atoms with Gasteiger partial charge in [-0.1, -0.05) is 6.07 Å². The van der Waals surface area contributed by atoms with Crippen LogP contribution < -0.4 is 5.32 Å². The van der Waals surface area contributed by atoms with E-state index in [1.807, 2.05) is 4.90 Å². The first-order valence-electron chi connectivity index (χ1n) is 6.80. The highest BCUT2D eigenvalue weighted by Gasteiger charge is 2.22. The summed E-state index contributed by atoms with van der Waals surface area (Å²) in [5.41, 5.74) is 0.790. The Kier molecular flexibility index (Phi) is 4.55. The Hall–Kier alpha value is -2.11. The van der Waals surface area contributed by atoms with Gasteiger partial charge in [0.1, 0.15) is 5.69 Å². The van der Waals surface area contributed by atoms with Crippen molar-refractivity contribution in [2.75, 3.05) is 6.54 Å². The number of carboxylic acids is 1. The molecule has 0 radical (unpaired) electrons. The largest absolute Gasteiger partial charge is 0.477 e. The number of nitrogens with zero attached hydrogens (tertiary/aromatic N) is 2. The van der Waals surface area contributed by atoms with E-state index in [9.17, 15) is 9.59 Å². The van der Waals surface area contributed by atoms with Gasteiger partial charge in [-0.15, -0.1) is 0 Å². The number of pyridine rings is 1. The Morgan fingerprint density at radius 1 is 1.45 bits per heavy atom. The van der Waals surface area contributed by atoms with Gasteiger partial charge >= 0.3 is 12.0 Å². The fraction of sp³-hybridized carbons (Fsp3) is 0.500. The molecule has 0 spiro atoms. The summed E-state index contributed by atoms with van der Waals surface area (Å²) in [7, 11) is 0. The lowest BCUT2D eigenvalue weighted by Gasteiger charge is -2.33. The number of aromatic nitrogens is 1. The lowest BCUT2D eigenvalue weighted by molar-refractivity contribution is 0.0690. The van der Waals surface area contributed by atoms with Crippen LogP contribution in [-0.4, -0.2) is 39.6 Å². The van der Waals surface area contributed by atoms with Gasteiger partial charge in [0.05, 0.1) is 0 Å². The molecule has 0 aliphatic carbocycles. The molecule has 20 heavy (non-hydrogen) atoms.